The number of carbonyl (C=O) groups excluding carboxylic acids is 1. The minimum Gasteiger partial charge on any atom is -0.366 e. The number of nitrogens with one attached hydrogen (secondary N) is 2. The van der Waals surface area contributed by atoms with Crippen LogP contribution in [-0.2, 0) is 0 Å². The van der Waals surface area contributed by atoms with Crippen molar-refractivity contribution in [3.05, 3.63) is 35.7 Å². The van der Waals surface area contributed by atoms with Gasteiger partial charge in [0.1, 0.15) is 0 Å². The number of H-pyrrole nitrogens is 1. The zero-order chi connectivity index (χ0) is 12.5. The van der Waals surface area contributed by atoms with Crippen LogP contribution in [0.3, 0.4) is 0 Å². The lowest BCUT2D eigenvalue weighted by atomic mass is 10.0. The van der Waals surface area contributed by atoms with Crippen LogP contribution >= 0.6 is 0 Å². The summed E-state index contributed by atoms with van der Waals surface area (Å²) >= 11 is 0. The summed E-state index contributed by atoms with van der Waals surface area (Å²) in [5.74, 6) is -0.430. The maximum atomic E-state index is 11.5. The fourth-order valence-corrected chi connectivity index (χ4v) is 2.26. The molecule has 0 saturated heterocycles. The van der Waals surface area contributed by atoms with Gasteiger partial charge < -0.3 is 16.0 Å². The minimum atomic E-state index is -0.430. The maximum absolute atomic E-state index is 11.5. The van der Waals surface area contributed by atoms with Crippen LogP contribution in [0.2, 0.25) is 0 Å². The molecule has 4 N–H and O–H groups in total. The Hall–Kier alpha value is -2.14. The molecule has 5 heteroatoms. The first-order valence-electron chi connectivity index (χ1n) is 5.94. The summed E-state index contributed by atoms with van der Waals surface area (Å²) in [6.07, 6.45) is 4.79. The third kappa shape index (κ3) is 1.78. The molecule has 0 fully saturated rings. The maximum Gasteiger partial charge on any atom is 0.250 e. The lowest BCUT2D eigenvalue weighted by Crippen LogP contribution is -2.20. The predicted octanol–water partition coefficient (Wildman–Crippen LogP) is 1.04. The van der Waals surface area contributed by atoms with E-state index in [9.17, 15) is 4.79 Å². The number of hydrogen-bond donors (Lipinski definition) is 3. The Balaban J connectivity index is 2.18. The second-order valence-corrected chi connectivity index (χ2v) is 4.34. The predicted molar refractivity (Wildman–Crippen MR) is 70.1 cm³/mol. The topological polar surface area (TPSA) is 83.8 Å². The van der Waals surface area contributed by atoms with Gasteiger partial charge in [0.2, 0.25) is 0 Å². The number of fused-ring (bicyclic) bond motifs is 1. The third-order valence-electron chi connectivity index (χ3n) is 3.17. The number of pyridine rings is 1. The van der Waals surface area contributed by atoms with Crippen molar-refractivity contribution in [2.45, 2.75) is 6.42 Å². The van der Waals surface area contributed by atoms with Gasteiger partial charge in [-0.25, -0.2) is 4.98 Å². The molecule has 18 heavy (non-hydrogen) atoms. The van der Waals surface area contributed by atoms with Crippen LogP contribution in [0.5, 0.6) is 0 Å². The van der Waals surface area contributed by atoms with Crippen molar-refractivity contribution in [3.8, 4) is 0 Å². The molecule has 1 aliphatic rings. The Labute approximate surface area is 104 Å². The van der Waals surface area contributed by atoms with Crippen molar-refractivity contribution in [1.29, 1.82) is 0 Å². The number of hydrogen-bond acceptors (Lipinski definition) is 3. The molecule has 2 aromatic rings. The fraction of sp³-hybridized carbons (Fsp3) is 0.231. The van der Waals surface area contributed by atoms with Gasteiger partial charge in [-0.15, -0.1) is 0 Å². The quantitative estimate of drug-likeness (QED) is 0.735. The molecule has 0 aromatic carbocycles. The van der Waals surface area contributed by atoms with Crippen molar-refractivity contribution in [3.63, 3.8) is 0 Å². The molecule has 5 nitrogen and oxygen atoms in total. The van der Waals surface area contributed by atoms with Crippen LogP contribution < -0.4 is 11.1 Å². The molecule has 3 rings (SSSR count). The van der Waals surface area contributed by atoms with Crippen molar-refractivity contribution in [2.24, 2.45) is 5.73 Å². The molecule has 0 radical (unpaired) electrons. The lowest BCUT2D eigenvalue weighted by molar-refractivity contribution is 0.100. The third-order valence-corrected chi connectivity index (χ3v) is 3.17. The minimum absolute atomic E-state index is 0.430. The second kappa shape index (κ2) is 4.27. The van der Waals surface area contributed by atoms with Gasteiger partial charge in [0.25, 0.3) is 5.91 Å². The van der Waals surface area contributed by atoms with Gasteiger partial charge in [0.15, 0.2) is 0 Å². The number of amides is 1. The Bertz CT molecular complexity index is 641. The van der Waals surface area contributed by atoms with Crippen molar-refractivity contribution in [2.75, 3.05) is 13.1 Å². The summed E-state index contributed by atoms with van der Waals surface area (Å²) in [4.78, 5) is 19.1. The molecule has 1 aliphatic heterocycles. The molecule has 3 heterocycles. The highest BCUT2D eigenvalue weighted by Gasteiger charge is 2.14. The Morgan fingerprint density at radius 2 is 2.33 bits per heavy atom. The van der Waals surface area contributed by atoms with Crippen LogP contribution in [0, 0.1) is 0 Å². The van der Waals surface area contributed by atoms with Crippen molar-refractivity contribution >= 4 is 22.5 Å². The van der Waals surface area contributed by atoms with Gasteiger partial charge in [0.05, 0.1) is 22.3 Å². The van der Waals surface area contributed by atoms with E-state index in [0.717, 1.165) is 30.7 Å². The highest BCUT2D eigenvalue weighted by atomic mass is 16.1. The molecular formula is C13H14N4O. The van der Waals surface area contributed by atoms with Gasteiger partial charge in [-0.05, 0) is 30.7 Å². The van der Waals surface area contributed by atoms with E-state index < -0.39 is 5.91 Å². The summed E-state index contributed by atoms with van der Waals surface area (Å²) in [6.45, 7) is 1.78. The van der Waals surface area contributed by atoms with Crippen LogP contribution in [-0.4, -0.2) is 29.0 Å². The van der Waals surface area contributed by atoms with E-state index in [1.165, 1.54) is 5.57 Å². The number of nitrogens with zero attached hydrogens (tertiary/aromatic N) is 1. The molecule has 0 bridgehead atoms. The average molecular weight is 242 g/mol. The molecule has 0 atom stereocenters. The Kier molecular flexibility index (Phi) is 2.60. The molecule has 0 saturated carbocycles. The first-order chi connectivity index (χ1) is 8.75. The van der Waals surface area contributed by atoms with Gasteiger partial charge in [-0.1, -0.05) is 6.08 Å². The highest BCUT2D eigenvalue weighted by Crippen LogP contribution is 2.23. The highest BCUT2D eigenvalue weighted by molar-refractivity contribution is 6.04. The smallest absolute Gasteiger partial charge is 0.250 e. The summed E-state index contributed by atoms with van der Waals surface area (Å²) in [6, 6.07) is 3.63. The fourth-order valence-electron chi connectivity index (χ4n) is 2.26. The summed E-state index contributed by atoms with van der Waals surface area (Å²) in [5, 5.41) is 3.25. The first kappa shape index (κ1) is 11.0. The standard InChI is InChI=1S/C13H14N4O/c14-13(18)9-7-11(8-1-4-15-5-2-8)17-10-3-6-16-12(9)10/h1,3,6-7,15-16H,2,4-5H2,(H2,14,18). The van der Waals surface area contributed by atoms with Gasteiger partial charge >= 0.3 is 0 Å². The monoisotopic (exact) mass is 242 g/mol. The van der Waals surface area contributed by atoms with Gasteiger partial charge in [-0.3, -0.25) is 4.79 Å². The molecular weight excluding hydrogens is 228 g/mol. The first-order valence-corrected chi connectivity index (χ1v) is 5.94. The van der Waals surface area contributed by atoms with E-state index in [1.54, 1.807) is 12.3 Å². The largest absolute Gasteiger partial charge is 0.366 e. The average Bonchev–Trinajstić information content (AvgIpc) is 2.86. The molecule has 0 unspecified atom stereocenters. The molecule has 0 aliphatic carbocycles. The Morgan fingerprint density at radius 1 is 1.44 bits per heavy atom. The zero-order valence-corrected chi connectivity index (χ0v) is 9.86. The number of carbonyl (C=O) groups is 1. The van der Waals surface area contributed by atoms with Crippen LogP contribution in [0.1, 0.15) is 22.5 Å². The Morgan fingerprint density at radius 3 is 3.06 bits per heavy atom. The molecule has 92 valence electrons. The van der Waals surface area contributed by atoms with Gasteiger partial charge in [-0.2, -0.15) is 0 Å². The summed E-state index contributed by atoms with van der Waals surface area (Å²) < 4.78 is 0. The molecule has 1 amide bonds. The van der Waals surface area contributed by atoms with E-state index >= 15 is 0 Å². The van der Waals surface area contributed by atoms with Gasteiger partial charge in [0, 0.05) is 12.7 Å². The van der Waals surface area contributed by atoms with Crippen LogP contribution in [0.4, 0.5) is 0 Å². The number of aromatic amines is 1. The van der Waals surface area contributed by atoms with Crippen molar-refractivity contribution < 1.29 is 4.79 Å². The SMILES string of the molecule is NC(=O)c1cc(C2=CCNCC2)nc2cc[nH]c12. The molecule has 0 spiro atoms. The number of aromatic nitrogens is 2. The zero-order valence-electron chi connectivity index (χ0n) is 9.86. The number of nitrogens with two attached hydrogens (primary N) is 1. The van der Waals surface area contributed by atoms with E-state index in [0.29, 0.717) is 11.1 Å². The van der Waals surface area contributed by atoms with Crippen LogP contribution in [0.15, 0.2) is 24.4 Å². The van der Waals surface area contributed by atoms with E-state index in [2.05, 4.69) is 21.4 Å². The molecule has 2 aromatic heterocycles. The lowest BCUT2D eigenvalue weighted by Gasteiger charge is -2.14. The van der Waals surface area contributed by atoms with Crippen molar-refractivity contribution in [1.82, 2.24) is 15.3 Å². The summed E-state index contributed by atoms with van der Waals surface area (Å²) in [5.41, 5.74) is 9.42. The van der Waals surface area contributed by atoms with E-state index in [1.807, 2.05) is 6.07 Å². The van der Waals surface area contributed by atoms with E-state index in [4.69, 9.17) is 5.73 Å². The number of rotatable bonds is 2. The second-order valence-electron chi connectivity index (χ2n) is 4.34. The summed E-state index contributed by atoms with van der Waals surface area (Å²) in [7, 11) is 0. The van der Waals surface area contributed by atoms with E-state index in [-0.39, 0.29) is 0 Å². The number of primary amides is 1. The normalized spacial score (nSPS) is 15.7. The van der Waals surface area contributed by atoms with Crippen LogP contribution in [0.25, 0.3) is 16.6 Å².